The molecular weight excluding hydrogens is 436 g/mol. The van der Waals surface area contributed by atoms with Crippen LogP contribution in [0.5, 0.6) is 0 Å². The van der Waals surface area contributed by atoms with Crippen molar-refractivity contribution in [2.24, 2.45) is 7.05 Å². The zero-order valence-electron chi connectivity index (χ0n) is 25.6. The number of hydrogen-bond acceptors (Lipinski definition) is 5. The molecule has 5 rings (SSSR count). The van der Waals surface area contributed by atoms with Gasteiger partial charge in [0.15, 0.2) is 0 Å². The summed E-state index contributed by atoms with van der Waals surface area (Å²) < 4.78 is 47.1. The van der Waals surface area contributed by atoms with E-state index in [0.717, 1.165) is 66.0 Å². The van der Waals surface area contributed by atoms with Crippen molar-refractivity contribution < 1.29 is 13.0 Å². The summed E-state index contributed by atoms with van der Waals surface area (Å²) in [5.41, 5.74) is 11.4. The second-order valence-corrected chi connectivity index (χ2v) is 9.08. The summed E-state index contributed by atoms with van der Waals surface area (Å²) in [6.07, 6.45) is 5.30. The minimum Gasteiger partial charge on any atom is -0.397 e. The molecule has 1 aliphatic rings. The van der Waals surface area contributed by atoms with Gasteiger partial charge >= 0.3 is 0 Å². The average molecular weight is 475 g/mol. The summed E-state index contributed by atoms with van der Waals surface area (Å²) in [6.45, 7) is -3.58. The van der Waals surface area contributed by atoms with E-state index in [4.69, 9.17) is 14.0 Å². The van der Waals surface area contributed by atoms with Gasteiger partial charge in [-0.05, 0) is 73.8 Å². The second kappa shape index (κ2) is 9.50. The largest absolute Gasteiger partial charge is 0.397 e. The number of nitrogens with two attached hydrogens (primary N) is 1. The van der Waals surface area contributed by atoms with E-state index in [1.807, 2.05) is 25.2 Å². The Kier molecular flexibility index (Phi) is 4.57. The van der Waals surface area contributed by atoms with Crippen LogP contribution in [-0.4, -0.2) is 57.3 Å². The number of pyridine rings is 2. The highest BCUT2D eigenvalue weighted by Gasteiger charge is 2.22. The molecule has 35 heavy (non-hydrogen) atoms. The lowest BCUT2D eigenvalue weighted by Crippen LogP contribution is -2.33. The van der Waals surface area contributed by atoms with E-state index in [-0.39, 0.29) is 16.4 Å². The minimum absolute atomic E-state index is 0.00870. The fourth-order valence-corrected chi connectivity index (χ4v) is 4.89. The molecule has 0 saturated carbocycles. The van der Waals surface area contributed by atoms with Gasteiger partial charge in [-0.3, -0.25) is 14.7 Å². The lowest BCUT2D eigenvalue weighted by molar-refractivity contribution is 0.0827. The number of fused-ring (bicyclic) bond motifs is 1. The first-order valence-electron chi connectivity index (χ1n) is 14.6. The van der Waals surface area contributed by atoms with Crippen molar-refractivity contribution in [1.29, 1.82) is 0 Å². The molecule has 7 nitrogen and oxygen atoms in total. The van der Waals surface area contributed by atoms with Gasteiger partial charge in [0.1, 0.15) is 5.65 Å². The molecule has 4 heterocycles. The number of likely N-dealkylation sites (tertiary alicyclic amines) is 1. The van der Waals surface area contributed by atoms with Crippen molar-refractivity contribution in [3.63, 3.8) is 0 Å². The van der Waals surface area contributed by atoms with Crippen LogP contribution >= 0.6 is 0 Å². The Morgan fingerprint density at radius 2 is 1.89 bits per heavy atom. The molecule has 1 aliphatic heterocycles. The number of nitrogens with zero attached hydrogens (tertiary/aromatic N) is 5. The van der Waals surface area contributed by atoms with E-state index in [2.05, 4.69) is 25.5 Å². The standard InChI is InChI=1S/C28H32N6O/c1-32(2)28(35)21-6-4-19(5-7-21)20-11-14-34(15-12-20)18-23-16-25-24(10-13-30-27(25)33(23)3)26-9-8-22(29)17-31-26/h4-10,13,16-17,20H,11-12,14-15,18,29H2,1-3H3/i1D3,2D3. The van der Waals surface area contributed by atoms with Gasteiger partial charge in [-0.15, -0.1) is 0 Å². The first kappa shape index (κ1) is 16.8. The summed E-state index contributed by atoms with van der Waals surface area (Å²) >= 11 is 0. The maximum Gasteiger partial charge on any atom is 0.253 e. The van der Waals surface area contributed by atoms with Gasteiger partial charge in [-0.25, -0.2) is 4.98 Å². The van der Waals surface area contributed by atoms with E-state index in [1.165, 1.54) is 12.1 Å². The van der Waals surface area contributed by atoms with E-state index in [9.17, 15) is 4.79 Å². The van der Waals surface area contributed by atoms with Crippen LogP contribution in [0.3, 0.4) is 0 Å². The van der Waals surface area contributed by atoms with Crippen molar-refractivity contribution in [3.05, 3.63) is 77.7 Å². The quantitative estimate of drug-likeness (QED) is 0.467. The number of rotatable bonds is 5. The number of nitrogen functional groups attached to an aromatic ring is 1. The third-order valence-corrected chi connectivity index (χ3v) is 6.90. The van der Waals surface area contributed by atoms with Crippen molar-refractivity contribution in [2.45, 2.75) is 25.3 Å². The second-order valence-electron chi connectivity index (χ2n) is 9.08. The molecular formula is C28H32N6O. The van der Waals surface area contributed by atoms with Crippen molar-refractivity contribution >= 4 is 22.6 Å². The lowest BCUT2D eigenvalue weighted by Gasteiger charge is -2.32. The SMILES string of the molecule is [2H]C([2H])([2H])N(C(=O)c1ccc(C2CCN(Cc3cc4c(-c5ccc(N)cn5)ccnc4n3C)CC2)cc1)C([2H])([2H])[2H]. The fourth-order valence-electron chi connectivity index (χ4n) is 4.89. The van der Waals surface area contributed by atoms with E-state index in [0.29, 0.717) is 5.69 Å². The molecule has 0 radical (unpaired) electrons. The van der Waals surface area contributed by atoms with Gasteiger partial charge in [-0.2, -0.15) is 0 Å². The lowest BCUT2D eigenvalue weighted by atomic mass is 9.89. The van der Waals surface area contributed by atoms with E-state index in [1.54, 1.807) is 24.5 Å². The van der Waals surface area contributed by atoms with Crippen LogP contribution < -0.4 is 5.73 Å². The van der Waals surface area contributed by atoms with Crippen LogP contribution in [0.2, 0.25) is 0 Å². The Morgan fingerprint density at radius 3 is 2.57 bits per heavy atom. The summed E-state index contributed by atoms with van der Waals surface area (Å²) in [5, 5.41) is 1.04. The first-order chi connectivity index (χ1) is 19.3. The molecule has 0 atom stereocenters. The van der Waals surface area contributed by atoms with Gasteiger partial charge in [0.2, 0.25) is 0 Å². The van der Waals surface area contributed by atoms with Gasteiger partial charge in [0.25, 0.3) is 5.91 Å². The maximum atomic E-state index is 12.7. The van der Waals surface area contributed by atoms with E-state index >= 15 is 0 Å². The monoisotopic (exact) mass is 474 g/mol. The Morgan fingerprint density at radius 1 is 1.11 bits per heavy atom. The van der Waals surface area contributed by atoms with Crippen LogP contribution in [0.4, 0.5) is 5.69 Å². The first-order valence-corrected chi connectivity index (χ1v) is 11.6. The van der Waals surface area contributed by atoms with Crippen LogP contribution in [0.1, 0.15) is 48.6 Å². The zero-order valence-corrected chi connectivity index (χ0v) is 19.6. The third-order valence-electron chi connectivity index (χ3n) is 6.90. The van der Waals surface area contributed by atoms with Gasteiger partial charge in [0.05, 0.1) is 17.6 Å². The van der Waals surface area contributed by atoms with Crippen LogP contribution in [-0.2, 0) is 13.6 Å². The smallest absolute Gasteiger partial charge is 0.253 e. The fraction of sp³-hybridized carbons (Fsp3) is 0.321. The minimum atomic E-state index is -3.07. The van der Waals surface area contributed by atoms with Crippen LogP contribution in [0, 0.1) is 0 Å². The molecule has 0 bridgehead atoms. The van der Waals surface area contributed by atoms with E-state index < -0.39 is 19.9 Å². The summed E-state index contributed by atoms with van der Waals surface area (Å²) in [6, 6.07) is 14.5. The van der Waals surface area contributed by atoms with Crippen molar-refractivity contribution in [2.75, 3.05) is 32.8 Å². The number of aromatic nitrogens is 3. The average Bonchev–Trinajstić information content (AvgIpc) is 3.23. The normalized spacial score (nSPS) is 18.2. The van der Waals surface area contributed by atoms with Gasteiger partial charge in [0, 0.05) is 64.2 Å². The third kappa shape index (κ3) is 4.64. The number of amides is 1. The molecule has 2 N–H and O–H groups in total. The number of anilines is 1. The molecule has 0 spiro atoms. The maximum absolute atomic E-state index is 12.7. The highest BCUT2D eigenvalue weighted by Crippen LogP contribution is 2.31. The Labute approximate surface area is 214 Å². The summed E-state index contributed by atoms with van der Waals surface area (Å²) in [5.74, 6) is -0.750. The zero-order chi connectivity index (χ0) is 29.5. The summed E-state index contributed by atoms with van der Waals surface area (Å²) in [4.78, 5) is 24.2. The van der Waals surface area contributed by atoms with Crippen molar-refractivity contribution in [1.82, 2.24) is 24.3 Å². The number of hydrogen-bond donors (Lipinski definition) is 1. The topological polar surface area (TPSA) is 80.3 Å². The van der Waals surface area contributed by atoms with Crippen molar-refractivity contribution in [3.8, 4) is 11.3 Å². The highest BCUT2D eigenvalue weighted by molar-refractivity contribution is 5.94. The molecule has 1 aromatic carbocycles. The Bertz CT molecular complexity index is 1520. The molecule has 7 heteroatoms. The Balaban J connectivity index is 1.25. The molecule has 0 aliphatic carbocycles. The number of carbonyl (C=O) groups is 1. The predicted octanol–water partition coefficient (Wildman–Crippen LogP) is 4.30. The molecule has 1 fully saturated rings. The summed E-state index contributed by atoms with van der Waals surface area (Å²) in [7, 11) is 2.03. The van der Waals surface area contributed by atoms with Gasteiger partial charge in [-0.1, -0.05) is 12.1 Å². The number of carbonyl (C=O) groups excluding carboxylic acids is 1. The number of piperidine rings is 1. The predicted molar refractivity (Wildman–Crippen MR) is 140 cm³/mol. The molecule has 3 aromatic heterocycles. The highest BCUT2D eigenvalue weighted by atomic mass is 16.2. The number of benzene rings is 1. The molecule has 180 valence electrons. The van der Waals surface area contributed by atoms with Crippen LogP contribution in [0.25, 0.3) is 22.3 Å². The molecule has 0 unspecified atom stereocenters. The Hall–Kier alpha value is -3.71. The molecule has 1 amide bonds. The molecule has 4 aromatic rings. The molecule has 1 saturated heterocycles. The van der Waals surface area contributed by atoms with Crippen LogP contribution in [0.15, 0.2) is 60.9 Å². The number of aryl methyl sites for hydroxylation is 1. The van der Waals surface area contributed by atoms with Gasteiger partial charge < -0.3 is 15.2 Å².